The van der Waals surface area contributed by atoms with Crippen LogP contribution >= 0.6 is 11.6 Å². The number of hydrogen-bond donors (Lipinski definition) is 1. The van der Waals surface area contributed by atoms with Gasteiger partial charge in [0.25, 0.3) is 0 Å². The molecule has 1 fully saturated rings. The van der Waals surface area contributed by atoms with E-state index < -0.39 is 0 Å². The molecule has 1 saturated heterocycles. The molecule has 0 bridgehead atoms. The van der Waals surface area contributed by atoms with Crippen LogP contribution < -0.4 is 0 Å². The van der Waals surface area contributed by atoms with E-state index in [0.29, 0.717) is 10.8 Å². The number of benzene rings is 2. The van der Waals surface area contributed by atoms with Crippen molar-refractivity contribution in [1.82, 2.24) is 20.1 Å². The normalized spacial score (nSPS) is 15.4. The topological polar surface area (TPSA) is 54.0 Å². The van der Waals surface area contributed by atoms with E-state index in [1.165, 1.54) is 5.56 Å². The molecule has 0 radical (unpaired) electrons. The molecule has 2 heterocycles. The third kappa shape index (κ3) is 3.90. The van der Waals surface area contributed by atoms with E-state index in [1.54, 1.807) is 0 Å². The number of rotatable bonds is 4. The van der Waals surface area contributed by atoms with Crippen LogP contribution in [0.25, 0.3) is 22.8 Å². The van der Waals surface area contributed by atoms with Crippen molar-refractivity contribution in [2.24, 2.45) is 0 Å². The van der Waals surface area contributed by atoms with E-state index in [-0.39, 0.29) is 0 Å². The highest BCUT2D eigenvalue weighted by molar-refractivity contribution is 6.30. The van der Waals surface area contributed by atoms with Crippen molar-refractivity contribution in [2.75, 3.05) is 26.3 Å². The Morgan fingerprint density at radius 3 is 2.64 bits per heavy atom. The van der Waals surface area contributed by atoms with Gasteiger partial charge in [-0.1, -0.05) is 29.8 Å². The summed E-state index contributed by atoms with van der Waals surface area (Å²) in [6.45, 7) is 4.50. The molecule has 1 aliphatic rings. The molecule has 2 aromatic carbocycles. The highest BCUT2D eigenvalue weighted by Crippen LogP contribution is 2.22. The molecule has 0 saturated carbocycles. The van der Waals surface area contributed by atoms with Crippen molar-refractivity contribution in [3.8, 4) is 22.8 Å². The van der Waals surface area contributed by atoms with Gasteiger partial charge in [0.1, 0.15) is 0 Å². The lowest BCUT2D eigenvalue weighted by Gasteiger charge is -2.26. The standard InChI is InChI=1S/C19H19ClN4O/c20-17-6-4-15(5-7-17)18-21-19(23-22-18)16-3-1-2-14(12-16)13-24-8-10-25-11-9-24/h1-7,12H,8-11,13H2,(H,21,22,23). The van der Waals surface area contributed by atoms with Gasteiger partial charge in [0.05, 0.1) is 13.2 Å². The second-order valence-corrected chi connectivity index (χ2v) is 6.54. The van der Waals surface area contributed by atoms with E-state index in [2.05, 4.69) is 38.3 Å². The molecule has 0 unspecified atom stereocenters. The highest BCUT2D eigenvalue weighted by atomic mass is 35.5. The SMILES string of the molecule is Clc1ccc(-c2nc(-c3cccc(CN4CCOCC4)c3)n[nH]2)cc1. The zero-order valence-corrected chi connectivity index (χ0v) is 14.5. The Morgan fingerprint density at radius 2 is 1.84 bits per heavy atom. The summed E-state index contributed by atoms with van der Waals surface area (Å²) >= 11 is 5.94. The fourth-order valence-corrected chi connectivity index (χ4v) is 3.08. The van der Waals surface area contributed by atoms with Crippen molar-refractivity contribution < 1.29 is 4.74 Å². The number of morpholine rings is 1. The molecule has 6 heteroatoms. The lowest BCUT2D eigenvalue weighted by Crippen LogP contribution is -2.35. The molecule has 3 aromatic rings. The minimum atomic E-state index is 0.703. The average Bonchev–Trinajstić information content (AvgIpc) is 3.14. The Labute approximate surface area is 151 Å². The van der Waals surface area contributed by atoms with Crippen LogP contribution in [0.3, 0.4) is 0 Å². The first kappa shape index (κ1) is 16.3. The maximum Gasteiger partial charge on any atom is 0.181 e. The zero-order chi connectivity index (χ0) is 17.1. The number of H-pyrrole nitrogens is 1. The van der Waals surface area contributed by atoms with Crippen molar-refractivity contribution in [3.05, 3.63) is 59.1 Å². The Hall–Kier alpha value is -2.21. The summed E-state index contributed by atoms with van der Waals surface area (Å²) in [6.07, 6.45) is 0. The fraction of sp³-hybridized carbons (Fsp3) is 0.263. The van der Waals surface area contributed by atoms with Crippen LogP contribution in [-0.4, -0.2) is 46.4 Å². The van der Waals surface area contributed by atoms with E-state index in [4.69, 9.17) is 16.3 Å². The van der Waals surface area contributed by atoms with Crippen molar-refractivity contribution in [1.29, 1.82) is 0 Å². The summed E-state index contributed by atoms with van der Waals surface area (Å²) < 4.78 is 5.41. The first-order valence-electron chi connectivity index (χ1n) is 8.36. The zero-order valence-electron chi connectivity index (χ0n) is 13.8. The number of nitrogens with one attached hydrogen (secondary N) is 1. The number of aromatic amines is 1. The van der Waals surface area contributed by atoms with Crippen LogP contribution in [0.5, 0.6) is 0 Å². The third-order valence-corrected chi connectivity index (χ3v) is 4.55. The van der Waals surface area contributed by atoms with Gasteiger partial charge < -0.3 is 4.74 Å². The first-order valence-corrected chi connectivity index (χ1v) is 8.73. The molecule has 1 aromatic heterocycles. The third-order valence-electron chi connectivity index (χ3n) is 4.30. The number of ether oxygens (including phenoxy) is 1. The minimum Gasteiger partial charge on any atom is -0.379 e. The van der Waals surface area contributed by atoms with Gasteiger partial charge in [-0.2, -0.15) is 5.10 Å². The highest BCUT2D eigenvalue weighted by Gasteiger charge is 2.12. The van der Waals surface area contributed by atoms with Gasteiger partial charge in [0.15, 0.2) is 11.6 Å². The summed E-state index contributed by atoms with van der Waals surface area (Å²) in [6, 6.07) is 16.0. The Kier molecular flexibility index (Phi) is 4.78. The van der Waals surface area contributed by atoms with Crippen LogP contribution in [0.1, 0.15) is 5.56 Å². The van der Waals surface area contributed by atoms with Gasteiger partial charge in [-0.3, -0.25) is 10.00 Å². The van der Waals surface area contributed by atoms with Crippen LogP contribution in [0, 0.1) is 0 Å². The summed E-state index contributed by atoms with van der Waals surface area (Å²) in [4.78, 5) is 7.03. The van der Waals surface area contributed by atoms with E-state index >= 15 is 0 Å². The summed E-state index contributed by atoms with van der Waals surface area (Å²) in [5, 5.41) is 8.09. The molecule has 0 atom stereocenters. The molecule has 0 amide bonds. The molecular formula is C19H19ClN4O. The van der Waals surface area contributed by atoms with Crippen molar-refractivity contribution in [3.63, 3.8) is 0 Å². The van der Waals surface area contributed by atoms with Gasteiger partial charge in [-0.05, 0) is 35.9 Å². The van der Waals surface area contributed by atoms with Gasteiger partial charge in [0, 0.05) is 35.8 Å². The van der Waals surface area contributed by atoms with Gasteiger partial charge in [-0.15, -0.1) is 0 Å². The molecule has 1 N–H and O–H groups in total. The second kappa shape index (κ2) is 7.35. The molecule has 128 valence electrons. The minimum absolute atomic E-state index is 0.703. The maximum atomic E-state index is 5.94. The summed E-state index contributed by atoms with van der Waals surface area (Å²) in [5.74, 6) is 1.44. The number of hydrogen-bond acceptors (Lipinski definition) is 4. The molecule has 0 aliphatic carbocycles. The molecule has 0 spiro atoms. The predicted molar refractivity (Wildman–Crippen MR) is 98.4 cm³/mol. The molecular weight excluding hydrogens is 336 g/mol. The van der Waals surface area contributed by atoms with Crippen LogP contribution in [0.15, 0.2) is 48.5 Å². The van der Waals surface area contributed by atoms with Crippen LogP contribution in [0.2, 0.25) is 5.02 Å². The summed E-state index contributed by atoms with van der Waals surface area (Å²) in [5.41, 5.74) is 3.24. The quantitative estimate of drug-likeness (QED) is 0.777. The Balaban J connectivity index is 1.53. The fourth-order valence-electron chi connectivity index (χ4n) is 2.95. The van der Waals surface area contributed by atoms with E-state index in [1.807, 2.05) is 30.3 Å². The van der Waals surface area contributed by atoms with Crippen molar-refractivity contribution >= 4 is 11.6 Å². The number of nitrogens with zero attached hydrogens (tertiary/aromatic N) is 3. The Bertz CT molecular complexity index is 841. The molecule has 1 aliphatic heterocycles. The van der Waals surface area contributed by atoms with Gasteiger partial charge in [0.2, 0.25) is 0 Å². The van der Waals surface area contributed by atoms with E-state index in [9.17, 15) is 0 Å². The molecule has 4 rings (SSSR count). The predicted octanol–water partition coefficient (Wildman–Crippen LogP) is 3.62. The molecule has 25 heavy (non-hydrogen) atoms. The average molecular weight is 355 g/mol. The maximum absolute atomic E-state index is 5.94. The largest absolute Gasteiger partial charge is 0.379 e. The molecule has 5 nitrogen and oxygen atoms in total. The Morgan fingerprint density at radius 1 is 1.04 bits per heavy atom. The van der Waals surface area contributed by atoms with Gasteiger partial charge >= 0.3 is 0 Å². The smallest absolute Gasteiger partial charge is 0.181 e. The lowest BCUT2D eigenvalue weighted by molar-refractivity contribution is 0.0342. The second-order valence-electron chi connectivity index (χ2n) is 6.10. The number of halogens is 1. The van der Waals surface area contributed by atoms with Crippen LogP contribution in [0.4, 0.5) is 0 Å². The van der Waals surface area contributed by atoms with E-state index in [0.717, 1.165) is 49.8 Å². The monoisotopic (exact) mass is 354 g/mol. The summed E-state index contributed by atoms with van der Waals surface area (Å²) in [7, 11) is 0. The van der Waals surface area contributed by atoms with Gasteiger partial charge in [-0.25, -0.2) is 4.98 Å². The van der Waals surface area contributed by atoms with Crippen molar-refractivity contribution in [2.45, 2.75) is 6.54 Å². The number of aromatic nitrogens is 3. The lowest BCUT2D eigenvalue weighted by atomic mass is 10.1. The van der Waals surface area contributed by atoms with Crippen LogP contribution in [-0.2, 0) is 11.3 Å². The first-order chi connectivity index (χ1) is 12.3.